The van der Waals surface area contributed by atoms with Gasteiger partial charge in [-0.05, 0) is 19.4 Å². The van der Waals surface area contributed by atoms with Gasteiger partial charge in [0, 0.05) is 18.3 Å². The molecule has 0 aliphatic heterocycles. The van der Waals surface area contributed by atoms with E-state index >= 15 is 0 Å². The van der Waals surface area contributed by atoms with Gasteiger partial charge < -0.3 is 0 Å². The fraction of sp³-hybridized carbons (Fsp3) is 0.444. The Morgan fingerprint density at radius 3 is 2.73 bits per heavy atom. The number of sulfone groups is 1. The number of rotatable bonds is 4. The zero-order valence-corrected chi connectivity index (χ0v) is 10.5. The van der Waals surface area contributed by atoms with Crippen molar-refractivity contribution in [3.63, 3.8) is 0 Å². The van der Waals surface area contributed by atoms with E-state index in [9.17, 15) is 8.42 Å². The molecule has 1 atom stereocenters. The number of hydrogen-bond donors (Lipinski definition) is 0. The van der Waals surface area contributed by atoms with Gasteiger partial charge in [0.1, 0.15) is 0 Å². The summed E-state index contributed by atoms with van der Waals surface area (Å²) in [6.45, 7) is 1.62. The lowest BCUT2D eigenvalue weighted by atomic mass is 10.4. The Labute approximate surface area is 99.3 Å². The van der Waals surface area contributed by atoms with E-state index in [0.717, 1.165) is 0 Å². The smallest absolute Gasteiger partial charge is 0.182 e. The van der Waals surface area contributed by atoms with Crippen LogP contribution >= 0.6 is 23.2 Å². The number of alkyl halides is 1. The minimum atomic E-state index is -3.39. The summed E-state index contributed by atoms with van der Waals surface area (Å²) in [7, 11) is -3.39. The molecule has 0 radical (unpaired) electrons. The van der Waals surface area contributed by atoms with Crippen LogP contribution in [-0.2, 0) is 9.84 Å². The number of pyridine rings is 1. The highest BCUT2D eigenvalue weighted by atomic mass is 35.5. The largest absolute Gasteiger partial charge is 0.263 e. The predicted molar refractivity (Wildman–Crippen MR) is 61.2 cm³/mol. The van der Waals surface area contributed by atoms with Gasteiger partial charge in [0.2, 0.25) is 0 Å². The van der Waals surface area contributed by atoms with E-state index in [1.54, 1.807) is 6.92 Å². The molecule has 0 aliphatic rings. The van der Waals surface area contributed by atoms with Crippen LogP contribution in [0.1, 0.15) is 13.3 Å². The summed E-state index contributed by atoms with van der Waals surface area (Å²) in [5.41, 5.74) is 0. The van der Waals surface area contributed by atoms with Crippen molar-refractivity contribution >= 4 is 33.0 Å². The van der Waals surface area contributed by atoms with Crippen molar-refractivity contribution in [2.45, 2.75) is 23.5 Å². The Balaban J connectivity index is 3.12. The fourth-order valence-corrected chi connectivity index (χ4v) is 3.45. The molecule has 0 saturated heterocycles. The first-order chi connectivity index (χ1) is 7.00. The minimum absolute atomic E-state index is 0.122. The van der Waals surface area contributed by atoms with E-state index in [-0.39, 0.29) is 9.92 Å². The molecule has 1 unspecified atom stereocenters. The summed E-state index contributed by atoms with van der Waals surface area (Å²) < 4.78 is 23.9. The first-order valence-electron chi connectivity index (χ1n) is 4.39. The van der Waals surface area contributed by atoms with E-state index in [0.29, 0.717) is 12.3 Å². The Morgan fingerprint density at radius 1 is 1.53 bits per heavy atom. The highest BCUT2D eigenvalue weighted by molar-refractivity contribution is 7.92. The van der Waals surface area contributed by atoms with Gasteiger partial charge in [0.05, 0.1) is 15.2 Å². The quantitative estimate of drug-likeness (QED) is 0.788. The lowest BCUT2D eigenvalue weighted by molar-refractivity contribution is 0.581. The molecule has 1 rings (SSSR count). The predicted octanol–water partition coefficient (Wildman–Crippen LogP) is 2.53. The van der Waals surface area contributed by atoms with E-state index in [2.05, 4.69) is 4.98 Å². The molecule has 0 spiro atoms. The SMILES string of the molecule is CC(CCCl)S(=O)(=O)c1ccncc1Cl. The Hall–Kier alpha value is -0.320. The first-order valence-corrected chi connectivity index (χ1v) is 6.85. The summed E-state index contributed by atoms with van der Waals surface area (Å²) in [6.07, 6.45) is 3.14. The molecule has 0 fully saturated rings. The van der Waals surface area contributed by atoms with E-state index in [1.165, 1.54) is 18.5 Å². The second-order valence-corrected chi connectivity index (χ2v) is 6.26. The molecule has 1 aromatic heterocycles. The maximum atomic E-state index is 12.0. The maximum absolute atomic E-state index is 12.0. The van der Waals surface area contributed by atoms with Gasteiger partial charge in [-0.2, -0.15) is 0 Å². The molecule has 6 heteroatoms. The molecular formula is C9H11Cl2NO2S. The second-order valence-electron chi connectivity index (χ2n) is 3.14. The van der Waals surface area contributed by atoms with Crippen LogP contribution in [0.4, 0.5) is 0 Å². The normalized spacial score (nSPS) is 13.8. The molecule has 84 valence electrons. The van der Waals surface area contributed by atoms with Crippen LogP contribution in [0.25, 0.3) is 0 Å². The van der Waals surface area contributed by atoms with Gasteiger partial charge in [0.25, 0.3) is 0 Å². The molecule has 0 aromatic carbocycles. The minimum Gasteiger partial charge on any atom is -0.263 e. The van der Waals surface area contributed by atoms with Crippen LogP contribution in [0.2, 0.25) is 5.02 Å². The molecule has 0 saturated carbocycles. The second kappa shape index (κ2) is 5.14. The van der Waals surface area contributed by atoms with Crippen molar-refractivity contribution in [2.75, 3.05) is 5.88 Å². The summed E-state index contributed by atoms with van der Waals surface area (Å²) in [5, 5.41) is -0.381. The lowest BCUT2D eigenvalue weighted by Crippen LogP contribution is -2.18. The van der Waals surface area contributed by atoms with Gasteiger partial charge in [-0.15, -0.1) is 11.6 Å². The van der Waals surface area contributed by atoms with Crippen LogP contribution in [-0.4, -0.2) is 24.5 Å². The zero-order chi connectivity index (χ0) is 11.5. The monoisotopic (exact) mass is 267 g/mol. The third-order valence-electron chi connectivity index (χ3n) is 2.09. The molecule has 0 bridgehead atoms. The van der Waals surface area contributed by atoms with Crippen LogP contribution in [0.15, 0.2) is 23.4 Å². The van der Waals surface area contributed by atoms with Gasteiger partial charge in [0.15, 0.2) is 9.84 Å². The van der Waals surface area contributed by atoms with E-state index < -0.39 is 15.1 Å². The van der Waals surface area contributed by atoms with Crippen molar-refractivity contribution in [3.05, 3.63) is 23.5 Å². The summed E-state index contributed by atoms with van der Waals surface area (Å²) in [4.78, 5) is 3.86. The Kier molecular flexibility index (Phi) is 4.37. The van der Waals surface area contributed by atoms with Crippen molar-refractivity contribution < 1.29 is 8.42 Å². The van der Waals surface area contributed by atoms with Gasteiger partial charge >= 0.3 is 0 Å². The van der Waals surface area contributed by atoms with Gasteiger partial charge in [-0.25, -0.2) is 8.42 Å². The van der Waals surface area contributed by atoms with Crippen molar-refractivity contribution in [1.29, 1.82) is 0 Å². The van der Waals surface area contributed by atoms with Crippen LogP contribution in [0.5, 0.6) is 0 Å². The third-order valence-corrected chi connectivity index (χ3v) is 4.98. The average Bonchev–Trinajstić information content (AvgIpc) is 2.18. The average molecular weight is 268 g/mol. The van der Waals surface area contributed by atoms with Crippen LogP contribution in [0.3, 0.4) is 0 Å². The highest BCUT2D eigenvalue weighted by Crippen LogP contribution is 2.24. The van der Waals surface area contributed by atoms with Crippen molar-refractivity contribution in [3.8, 4) is 0 Å². The molecular weight excluding hydrogens is 257 g/mol. The van der Waals surface area contributed by atoms with Gasteiger partial charge in [-0.1, -0.05) is 11.6 Å². The topological polar surface area (TPSA) is 47.0 Å². The van der Waals surface area contributed by atoms with Crippen molar-refractivity contribution in [1.82, 2.24) is 4.98 Å². The standard InChI is InChI=1S/C9H11Cl2NO2S/c1-7(2-4-10)15(13,14)9-3-5-12-6-8(9)11/h3,5-7H,2,4H2,1H3. The lowest BCUT2D eigenvalue weighted by Gasteiger charge is -2.12. The fourth-order valence-electron chi connectivity index (χ4n) is 1.12. The number of halogens is 2. The number of hydrogen-bond acceptors (Lipinski definition) is 3. The Bertz CT molecular complexity index is 433. The zero-order valence-electron chi connectivity index (χ0n) is 8.15. The number of aromatic nitrogens is 1. The summed E-state index contributed by atoms with van der Waals surface area (Å²) in [6, 6.07) is 1.41. The van der Waals surface area contributed by atoms with Gasteiger partial charge in [-0.3, -0.25) is 4.98 Å². The van der Waals surface area contributed by atoms with E-state index in [1.807, 2.05) is 0 Å². The molecule has 0 aliphatic carbocycles. The third kappa shape index (κ3) is 2.83. The summed E-state index contributed by atoms with van der Waals surface area (Å²) in [5.74, 6) is 0.309. The van der Waals surface area contributed by atoms with Crippen LogP contribution < -0.4 is 0 Å². The van der Waals surface area contributed by atoms with Crippen molar-refractivity contribution in [2.24, 2.45) is 0 Å². The molecule has 1 heterocycles. The molecule has 0 amide bonds. The first kappa shape index (κ1) is 12.7. The molecule has 3 nitrogen and oxygen atoms in total. The van der Waals surface area contributed by atoms with Crippen LogP contribution in [0, 0.1) is 0 Å². The molecule has 1 aromatic rings. The Morgan fingerprint density at radius 2 is 2.20 bits per heavy atom. The molecule has 15 heavy (non-hydrogen) atoms. The number of nitrogens with zero attached hydrogens (tertiary/aromatic N) is 1. The maximum Gasteiger partial charge on any atom is 0.182 e. The highest BCUT2D eigenvalue weighted by Gasteiger charge is 2.24. The van der Waals surface area contributed by atoms with E-state index in [4.69, 9.17) is 23.2 Å². The molecule has 0 N–H and O–H groups in total. The summed E-state index contributed by atoms with van der Waals surface area (Å²) >= 11 is 11.3.